The number of urea groups is 1. The summed E-state index contributed by atoms with van der Waals surface area (Å²) in [4.78, 5) is 26.4. The van der Waals surface area contributed by atoms with Crippen molar-refractivity contribution >= 4 is 17.7 Å². The van der Waals surface area contributed by atoms with Gasteiger partial charge in [-0.05, 0) is 17.7 Å². The van der Waals surface area contributed by atoms with Crippen molar-refractivity contribution in [1.82, 2.24) is 4.90 Å². The summed E-state index contributed by atoms with van der Waals surface area (Å²) in [6.07, 6.45) is 1.18. The van der Waals surface area contributed by atoms with Crippen molar-refractivity contribution in [3.05, 3.63) is 53.5 Å². The fourth-order valence-electron chi connectivity index (χ4n) is 2.42. The van der Waals surface area contributed by atoms with E-state index in [1.165, 1.54) is 12.3 Å². The van der Waals surface area contributed by atoms with E-state index in [0.29, 0.717) is 12.3 Å². The molecule has 108 valence electrons. The Bertz CT molecular complexity index is 707. The molecule has 0 unspecified atom stereocenters. The molecule has 0 saturated heterocycles. The van der Waals surface area contributed by atoms with Crippen LogP contribution in [0.3, 0.4) is 0 Å². The van der Waals surface area contributed by atoms with Crippen LogP contribution in [0.4, 0.5) is 10.5 Å². The van der Waals surface area contributed by atoms with E-state index in [1.54, 1.807) is 16.8 Å². The maximum atomic E-state index is 12.3. The molecule has 1 aliphatic heterocycles. The van der Waals surface area contributed by atoms with E-state index in [0.717, 1.165) is 11.3 Å². The third-order valence-electron chi connectivity index (χ3n) is 3.46. The maximum Gasteiger partial charge on any atom is 0.338 e. The number of carboxylic acid groups (broad SMARTS) is 1. The lowest BCUT2D eigenvalue weighted by atomic mass is 10.1. The summed E-state index contributed by atoms with van der Waals surface area (Å²) in [6.45, 7) is 0.761. The van der Waals surface area contributed by atoms with Gasteiger partial charge in [-0.3, -0.25) is 4.90 Å². The van der Waals surface area contributed by atoms with Gasteiger partial charge in [-0.1, -0.05) is 18.2 Å². The Labute approximate surface area is 121 Å². The van der Waals surface area contributed by atoms with Gasteiger partial charge in [-0.25, -0.2) is 9.59 Å². The number of nitrogens with zero attached hydrogens (tertiary/aromatic N) is 2. The molecule has 1 N–H and O–H groups in total. The summed E-state index contributed by atoms with van der Waals surface area (Å²) in [6, 6.07) is 8.94. The number of aromatic carboxylic acids is 1. The summed E-state index contributed by atoms with van der Waals surface area (Å²) < 4.78 is 5.23. The zero-order valence-electron chi connectivity index (χ0n) is 11.4. The second-order valence-corrected chi connectivity index (χ2v) is 4.96. The number of hydrogen-bond acceptors (Lipinski definition) is 3. The number of rotatable bonds is 3. The normalized spacial score (nSPS) is 14.2. The first-order valence-corrected chi connectivity index (χ1v) is 6.47. The minimum Gasteiger partial charge on any atom is -0.478 e. The fourth-order valence-corrected chi connectivity index (χ4v) is 2.42. The molecule has 6 nitrogen and oxygen atoms in total. The highest BCUT2D eigenvalue weighted by Crippen LogP contribution is 2.29. The topological polar surface area (TPSA) is 74.0 Å². The van der Waals surface area contributed by atoms with Gasteiger partial charge in [0.05, 0.1) is 17.8 Å². The van der Waals surface area contributed by atoms with Crippen molar-refractivity contribution in [3.63, 3.8) is 0 Å². The third kappa shape index (κ3) is 2.35. The molecule has 2 heterocycles. The van der Waals surface area contributed by atoms with Crippen LogP contribution in [0.15, 0.2) is 41.0 Å². The van der Waals surface area contributed by atoms with Crippen molar-refractivity contribution in [2.45, 2.75) is 13.1 Å². The van der Waals surface area contributed by atoms with E-state index in [4.69, 9.17) is 9.52 Å². The molecular weight excluding hydrogens is 272 g/mol. The SMILES string of the molecule is CN1Cc2ccccc2N(Cc2cc(C(=O)O)co2)C1=O. The molecule has 1 aromatic carbocycles. The van der Waals surface area contributed by atoms with Gasteiger partial charge in [-0.2, -0.15) is 0 Å². The van der Waals surface area contributed by atoms with Crippen LogP contribution in [0, 0.1) is 0 Å². The summed E-state index contributed by atoms with van der Waals surface area (Å²) in [5.74, 6) is -0.613. The van der Waals surface area contributed by atoms with Gasteiger partial charge in [-0.15, -0.1) is 0 Å². The smallest absolute Gasteiger partial charge is 0.338 e. The number of para-hydroxylation sites is 1. The third-order valence-corrected chi connectivity index (χ3v) is 3.46. The average Bonchev–Trinajstić information content (AvgIpc) is 2.93. The summed E-state index contributed by atoms with van der Waals surface area (Å²) in [5.41, 5.74) is 1.95. The molecule has 0 bridgehead atoms. The lowest BCUT2D eigenvalue weighted by molar-refractivity contribution is 0.0696. The molecule has 6 heteroatoms. The van der Waals surface area contributed by atoms with Crippen molar-refractivity contribution in [3.8, 4) is 0 Å². The van der Waals surface area contributed by atoms with Gasteiger partial charge in [0, 0.05) is 13.6 Å². The molecular formula is C15H14N2O4. The molecule has 0 aliphatic carbocycles. The summed E-state index contributed by atoms with van der Waals surface area (Å²) in [7, 11) is 1.73. The number of benzene rings is 1. The van der Waals surface area contributed by atoms with E-state index in [1.807, 2.05) is 24.3 Å². The first-order valence-electron chi connectivity index (χ1n) is 6.47. The average molecular weight is 286 g/mol. The molecule has 2 amide bonds. The van der Waals surface area contributed by atoms with Gasteiger partial charge in [0.1, 0.15) is 12.0 Å². The number of carbonyl (C=O) groups is 2. The van der Waals surface area contributed by atoms with E-state index < -0.39 is 5.97 Å². The molecule has 0 fully saturated rings. The predicted octanol–water partition coefficient (Wildman–Crippen LogP) is 2.55. The number of fused-ring (bicyclic) bond motifs is 1. The Morgan fingerprint density at radius 3 is 2.86 bits per heavy atom. The Kier molecular flexibility index (Phi) is 3.13. The van der Waals surface area contributed by atoms with Crippen LogP contribution in [-0.2, 0) is 13.1 Å². The molecule has 0 saturated carbocycles. The van der Waals surface area contributed by atoms with Gasteiger partial charge in [0.15, 0.2) is 0 Å². The van der Waals surface area contributed by atoms with E-state index >= 15 is 0 Å². The van der Waals surface area contributed by atoms with Crippen LogP contribution >= 0.6 is 0 Å². The highest BCUT2D eigenvalue weighted by atomic mass is 16.4. The first-order chi connectivity index (χ1) is 10.1. The van der Waals surface area contributed by atoms with Gasteiger partial charge < -0.3 is 14.4 Å². The predicted molar refractivity (Wildman–Crippen MR) is 75.2 cm³/mol. The maximum absolute atomic E-state index is 12.3. The highest BCUT2D eigenvalue weighted by molar-refractivity contribution is 5.94. The molecule has 0 spiro atoms. The molecule has 0 atom stereocenters. The molecule has 1 aliphatic rings. The minimum atomic E-state index is -1.05. The largest absolute Gasteiger partial charge is 0.478 e. The van der Waals surface area contributed by atoms with Gasteiger partial charge >= 0.3 is 12.0 Å². The monoisotopic (exact) mass is 286 g/mol. The van der Waals surface area contributed by atoms with Crippen LogP contribution in [0.25, 0.3) is 0 Å². The second-order valence-electron chi connectivity index (χ2n) is 4.96. The molecule has 1 aromatic heterocycles. The number of carbonyl (C=O) groups excluding carboxylic acids is 1. The number of furan rings is 1. The Morgan fingerprint density at radius 1 is 1.38 bits per heavy atom. The lowest BCUT2D eigenvalue weighted by Crippen LogP contribution is -2.44. The van der Waals surface area contributed by atoms with Gasteiger partial charge in [0.25, 0.3) is 0 Å². The molecule has 3 rings (SSSR count). The Morgan fingerprint density at radius 2 is 2.14 bits per heavy atom. The first kappa shape index (κ1) is 13.2. The number of anilines is 1. The van der Waals surface area contributed by atoms with E-state index in [2.05, 4.69) is 0 Å². The number of hydrogen-bond donors (Lipinski definition) is 1. The molecule has 0 radical (unpaired) electrons. The summed E-state index contributed by atoms with van der Waals surface area (Å²) in [5, 5.41) is 8.91. The number of amides is 2. The fraction of sp³-hybridized carbons (Fsp3) is 0.200. The molecule has 21 heavy (non-hydrogen) atoms. The van der Waals surface area contributed by atoms with Crippen LogP contribution < -0.4 is 4.90 Å². The van der Waals surface area contributed by atoms with Gasteiger partial charge in [0.2, 0.25) is 0 Å². The lowest BCUT2D eigenvalue weighted by Gasteiger charge is -2.34. The quantitative estimate of drug-likeness (QED) is 0.941. The molecule has 2 aromatic rings. The Hall–Kier alpha value is -2.76. The second kappa shape index (κ2) is 4.97. The van der Waals surface area contributed by atoms with Crippen molar-refractivity contribution in [2.75, 3.05) is 11.9 Å². The van der Waals surface area contributed by atoms with E-state index in [9.17, 15) is 9.59 Å². The van der Waals surface area contributed by atoms with Crippen molar-refractivity contribution in [1.29, 1.82) is 0 Å². The standard InChI is InChI=1S/C15H14N2O4/c1-16-7-10-4-2-3-5-13(10)17(15(16)20)8-12-6-11(9-21-12)14(18)19/h2-6,9H,7-8H2,1H3,(H,18,19). The van der Waals surface area contributed by atoms with Crippen LogP contribution in [0.2, 0.25) is 0 Å². The number of carboxylic acids is 1. The Balaban J connectivity index is 1.92. The van der Waals surface area contributed by atoms with Crippen molar-refractivity contribution in [2.24, 2.45) is 0 Å². The highest BCUT2D eigenvalue weighted by Gasteiger charge is 2.28. The van der Waals surface area contributed by atoms with Crippen LogP contribution in [-0.4, -0.2) is 29.1 Å². The zero-order chi connectivity index (χ0) is 15.0. The van der Waals surface area contributed by atoms with Crippen LogP contribution in [0.5, 0.6) is 0 Å². The van der Waals surface area contributed by atoms with Crippen LogP contribution in [0.1, 0.15) is 21.7 Å². The zero-order valence-corrected chi connectivity index (χ0v) is 11.4. The van der Waals surface area contributed by atoms with E-state index in [-0.39, 0.29) is 18.1 Å². The summed E-state index contributed by atoms with van der Waals surface area (Å²) >= 11 is 0. The van der Waals surface area contributed by atoms with Crippen molar-refractivity contribution < 1.29 is 19.1 Å². The minimum absolute atomic E-state index is 0.0797.